The van der Waals surface area contributed by atoms with Crippen molar-refractivity contribution in [2.45, 2.75) is 13.3 Å². The van der Waals surface area contributed by atoms with Gasteiger partial charge in [0.1, 0.15) is 0 Å². The van der Waals surface area contributed by atoms with Crippen LogP contribution in [0.1, 0.15) is 29.3 Å². The first-order valence-electron chi connectivity index (χ1n) is 8.93. The summed E-state index contributed by atoms with van der Waals surface area (Å²) in [5.41, 5.74) is 1.05. The van der Waals surface area contributed by atoms with Gasteiger partial charge in [-0.15, -0.1) is 0 Å². The van der Waals surface area contributed by atoms with Crippen LogP contribution in [0.2, 0.25) is 5.02 Å². The normalized spacial score (nSPS) is 24.2. The Labute approximate surface area is 162 Å². The summed E-state index contributed by atoms with van der Waals surface area (Å²) in [6.45, 7) is 1.94. The number of rotatable bonds is 3. The highest BCUT2D eigenvalue weighted by atomic mass is 35.5. The average Bonchev–Trinajstić information content (AvgIpc) is 2.94. The maximum absolute atomic E-state index is 13.1. The monoisotopic (exact) mass is 379 g/mol. The number of amides is 2. The van der Waals surface area contributed by atoms with Crippen LogP contribution < -0.4 is 4.90 Å². The van der Waals surface area contributed by atoms with Crippen LogP contribution in [-0.2, 0) is 9.59 Å². The molecule has 0 aromatic heterocycles. The lowest BCUT2D eigenvalue weighted by molar-refractivity contribution is -0.122. The zero-order valence-corrected chi connectivity index (χ0v) is 15.5. The summed E-state index contributed by atoms with van der Waals surface area (Å²) >= 11 is 6.12. The number of imide groups is 1. The van der Waals surface area contributed by atoms with Crippen molar-refractivity contribution in [3.63, 3.8) is 0 Å². The van der Waals surface area contributed by atoms with Crippen molar-refractivity contribution in [3.05, 3.63) is 76.8 Å². The largest absolute Gasteiger partial charge is 0.289 e. The SMILES string of the molecule is C[C@@H]1C=CC[C@H]2C(=O)N(c3ccc(Cl)cc3C(=O)c3ccccc3)C(=O)[C@@H]12. The second kappa shape index (κ2) is 6.78. The topological polar surface area (TPSA) is 54.5 Å². The summed E-state index contributed by atoms with van der Waals surface area (Å²) < 4.78 is 0. The standard InChI is InChI=1S/C22H18ClNO3/c1-13-6-5-9-16-19(13)22(27)24(21(16)26)18-11-10-15(23)12-17(18)20(25)14-7-3-2-4-8-14/h2-8,10-13,16,19H,9H2,1H3/t13-,16-,19+/m1/s1. The molecule has 1 fully saturated rings. The van der Waals surface area contributed by atoms with Crippen LogP contribution in [0.3, 0.4) is 0 Å². The summed E-state index contributed by atoms with van der Waals surface area (Å²) in [6, 6.07) is 13.5. The second-order valence-electron chi connectivity index (χ2n) is 7.02. The fraction of sp³-hybridized carbons (Fsp3) is 0.227. The molecule has 2 aliphatic rings. The number of nitrogens with zero attached hydrogens (tertiary/aromatic N) is 1. The molecule has 27 heavy (non-hydrogen) atoms. The molecule has 1 aliphatic carbocycles. The van der Waals surface area contributed by atoms with E-state index in [0.29, 0.717) is 22.7 Å². The van der Waals surface area contributed by atoms with E-state index in [1.807, 2.05) is 25.1 Å². The molecule has 4 nitrogen and oxygen atoms in total. The van der Waals surface area contributed by atoms with Gasteiger partial charge < -0.3 is 0 Å². The maximum Gasteiger partial charge on any atom is 0.238 e. The maximum atomic E-state index is 13.1. The molecule has 2 aromatic carbocycles. The summed E-state index contributed by atoms with van der Waals surface area (Å²) in [7, 11) is 0. The van der Waals surface area contributed by atoms with Crippen molar-refractivity contribution in [2.24, 2.45) is 17.8 Å². The van der Waals surface area contributed by atoms with E-state index >= 15 is 0 Å². The van der Waals surface area contributed by atoms with Crippen molar-refractivity contribution in [3.8, 4) is 0 Å². The molecule has 3 atom stereocenters. The van der Waals surface area contributed by atoms with E-state index in [0.717, 1.165) is 0 Å². The zero-order valence-electron chi connectivity index (χ0n) is 14.8. The van der Waals surface area contributed by atoms with Crippen molar-refractivity contribution in [1.29, 1.82) is 0 Å². The van der Waals surface area contributed by atoms with Gasteiger partial charge >= 0.3 is 0 Å². The Kier molecular flexibility index (Phi) is 4.44. The molecule has 0 bridgehead atoms. The number of hydrogen-bond donors (Lipinski definition) is 0. The Hall–Kier alpha value is -2.72. The van der Waals surface area contributed by atoms with E-state index in [1.54, 1.807) is 36.4 Å². The van der Waals surface area contributed by atoms with E-state index in [2.05, 4.69) is 0 Å². The predicted molar refractivity (Wildman–Crippen MR) is 104 cm³/mol. The highest BCUT2D eigenvalue weighted by molar-refractivity contribution is 6.32. The number of carbonyl (C=O) groups is 3. The number of fused-ring (bicyclic) bond motifs is 1. The van der Waals surface area contributed by atoms with E-state index < -0.39 is 0 Å². The molecule has 5 heteroatoms. The molecule has 2 aromatic rings. The second-order valence-corrected chi connectivity index (χ2v) is 7.46. The predicted octanol–water partition coefficient (Wildman–Crippen LogP) is 4.27. The van der Waals surface area contributed by atoms with Crippen molar-refractivity contribution >= 4 is 34.9 Å². The number of benzene rings is 2. The van der Waals surface area contributed by atoms with Gasteiger partial charge in [0, 0.05) is 16.1 Å². The van der Waals surface area contributed by atoms with Gasteiger partial charge in [0.2, 0.25) is 11.8 Å². The van der Waals surface area contributed by atoms with Gasteiger partial charge in [-0.25, -0.2) is 4.90 Å². The van der Waals surface area contributed by atoms with Gasteiger partial charge in [0.05, 0.1) is 17.5 Å². The number of halogens is 1. The Morgan fingerprint density at radius 1 is 1.07 bits per heavy atom. The minimum Gasteiger partial charge on any atom is -0.289 e. The molecule has 0 spiro atoms. The number of carbonyl (C=O) groups excluding carboxylic acids is 3. The average molecular weight is 380 g/mol. The first-order chi connectivity index (χ1) is 13.0. The lowest BCUT2D eigenvalue weighted by Crippen LogP contribution is -2.33. The van der Waals surface area contributed by atoms with Gasteiger partial charge in [-0.2, -0.15) is 0 Å². The third-order valence-corrected chi connectivity index (χ3v) is 5.59. The van der Waals surface area contributed by atoms with Gasteiger partial charge in [-0.1, -0.05) is 61.0 Å². The highest BCUT2D eigenvalue weighted by Crippen LogP contribution is 2.41. The van der Waals surface area contributed by atoms with Crippen LogP contribution in [0, 0.1) is 17.8 Å². The zero-order chi connectivity index (χ0) is 19.1. The molecule has 1 heterocycles. The van der Waals surface area contributed by atoms with Gasteiger partial charge in [-0.3, -0.25) is 14.4 Å². The fourth-order valence-electron chi connectivity index (χ4n) is 4.02. The molecular weight excluding hydrogens is 362 g/mol. The first-order valence-corrected chi connectivity index (χ1v) is 9.30. The Bertz CT molecular complexity index is 967. The molecule has 2 amide bonds. The third kappa shape index (κ3) is 2.90. The lowest BCUT2D eigenvalue weighted by Gasteiger charge is -2.22. The molecule has 1 aliphatic heterocycles. The molecule has 0 radical (unpaired) electrons. The number of allylic oxidation sites excluding steroid dienone is 2. The summed E-state index contributed by atoms with van der Waals surface area (Å²) in [4.78, 5) is 40.3. The number of ketones is 1. The molecule has 0 saturated carbocycles. The van der Waals surface area contributed by atoms with Crippen molar-refractivity contribution in [2.75, 3.05) is 4.90 Å². The molecule has 0 N–H and O–H groups in total. The molecule has 4 rings (SSSR count). The van der Waals surface area contributed by atoms with Gasteiger partial charge in [0.15, 0.2) is 5.78 Å². The summed E-state index contributed by atoms with van der Waals surface area (Å²) in [6.07, 6.45) is 4.48. The van der Waals surface area contributed by atoms with E-state index in [1.165, 1.54) is 11.0 Å². The third-order valence-electron chi connectivity index (χ3n) is 5.35. The highest BCUT2D eigenvalue weighted by Gasteiger charge is 2.51. The van der Waals surface area contributed by atoms with Gasteiger partial charge in [0.25, 0.3) is 0 Å². The molecule has 0 unspecified atom stereocenters. The van der Waals surface area contributed by atoms with E-state index in [4.69, 9.17) is 11.6 Å². The Morgan fingerprint density at radius 3 is 2.52 bits per heavy atom. The minimum absolute atomic E-state index is 0.00854. The lowest BCUT2D eigenvalue weighted by atomic mass is 9.78. The molecule has 136 valence electrons. The summed E-state index contributed by atoms with van der Waals surface area (Å²) in [5, 5.41) is 0.379. The number of hydrogen-bond acceptors (Lipinski definition) is 3. The van der Waals surface area contributed by atoms with Crippen molar-refractivity contribution in [1.82, 2.24) is 0 Å². The van der Waals surface area contributed by atoms with Crippen LogP contribution >= 0.6 is 11.6 Å². The van der Waals surface area contributed by atoms with Crippen LogP contribution in [0.25, 0.3) is 0 Å². The quantitative estimate of drug-likeness (QED) is 0.454. The molecular formula is C22H18ClNO3. The van der Waals surface area contributed by atoms with E-state index in [9.17, 15) is 14.4 Å². The fourth-order valence-corrected chi connectivity index (χ4v) is 4.19. The minimum atomic E-state index is -0.377. The van der Waals surface area contributed by atoms with Crippen LogP contribution in [0.4, 0.5) is 5.69 Å². The van der Waals surface area contributed by atoms with Gasteiger partial charge in [-0.05, 0) is 30.5 Å². The number of anilines is 1. The Morgan fingerprint density at radius 2 is 1.81 bits per heavy atom. The van der Waals surface area contributed by atoms with Crippen LogP contribution in [-0.4, -0.2) is 17.6 Å². The smallest absolute Gasteiger partial charge is 0.238 e. The summed E-state index contributed by atoms with van der Waals surface area (Å²) in [5.74, 6) is -1.51. The first kappa shape index (κ1) is 17.7. The Balaban J connectivity index is 1.80. The van der Waals surface area contributed by atoms with Crippen LogP contribution in [0.5, 0.6) is 0 Å². The van der Waals surface area contributed by atoms with Crippen molar-refractivity contribution < 1.29 is 14.4 Å². The van der Waals surface area contributed by atoms with Crippen LogP contribution in [0.15, 0.2) is 60.7 Å². The molecule has 1 saturated heterocycles. The van der Waals surface area contributed by atoms with E-state index in [-0.39, 0.29) is 40.9 Å².